The third-order valence-corrected chi connectivity index (χ3v) is 3.25. The normalized spacial score (nSPS) is 20.4. The van der Waals surface area contributed by atoms with Gasteiger partial charge >= 0.3 is 0 Å². The van der Waals surface area contributed by atoms with E-state index in [0.29, 0.717) is 12.6 Å². The molecule has 0 amide bonds. The molecule has 4 nitrogen and oxygen atoms in total. The summed E-state index contributed by atoms with van der Waals surface area (Å²) in [5, 5.41) is 0. The van der Waals surface area contributed by atoms with E-state index >= 15 is 0 Å². The van der Waals surface area contributed by atoms with Crippen LogP contribution in [0, 0.1) is 6.92 Å². The molecule has 1 aliphatic rings. The van der Waals surface area contributed by atoms with Crippen molar-refractivity contribution in [2.45, 2.75) is 26.0 Å². The zero-order chi connectivity index (χ0) is 11.5. The summed E-state index contributed by atoms with van der Waals surface area (Å²) in [6, 6.07) is 2.01. The maximum absolute atomic E-state index is 5.79. The van der Waals surface area contributed by atoms with Gasteiger partial charge in [0.25, 0.3) is 0 Å². The summed E-state index contributed by atoms with van der Waals surface area (Å²) in [5.74, 6) is 1.03. The molecule has 1 fully saturated rings. The lowest BCUT2D eigenvalue weighted by Gasteiger charge is -2.21. The van der Waals surface area contributed by atoms with E-state index in [1.807, 2.05) is 12.3 Å². The number of hydrogen-bond donors (Lipinski definition) is 1. The summed E-state index contributed by atoms with van der Waals surface area (Å²) >= 11 is 0. The number of methoxy groups -OCH3 is 1. The van der Waals surface area contributed by atoms with Crippen LogP contribution < -0.4 is 10.6 Å². The van der Waals surface area contributed by atoms with Gasteiger partial charge in [-0.15, -0.1) is 0 Å². The molecule has 1 saturated heterocycles. The van der Waals surface area contributed by atoms with Crippen LogP contribution in [0.25, 0.3) is 0 Å². The number of ether oxygens (including phenoxy) is 1. The quantitative estimate of drug-likeness (QED) is 0.829. The van der Waals surface area contributed by atoms with Crippen molar-refractivity contribution in [3.8, 4) is 0 Å². The molecule has 0 aliphatic carbocycles. The fourth-order valence-corrected chi connectivity index (χ4v) is 2.21. The molecule has 2 rings (SSSR count). The number of aromatic nitrogens is 1. The molecule has 0 saturated carbocycles. The van der Waals surface area contributed by atoms with Crippen molar-refractivity contribution >= 4 is 5.82 Å². The predicted molar refractivity (Wildman–Crippen MR) is 64.5 cm³/mol. The topological polar surface area (TPSA) is 51.4 Å². The van der Waals surface area contributed by atoms with Crippen molar-refractivity contribution in [1.82, 2.24) is 4.98 Å². The lowest BCUT2D eigenvalue weighted by molar-refractivity contribution is 0.121. The first kappa shape index (κ1) is 11.4. The van der Waals surface area contributed by atoms with Gasteiger partial charge in [-0.3, -0.25) is 0 Å². The minimum Gasteiger partial charge on any atom is -0.380 e. The Hall–Kier alpha value is -1.13. The van der Waals surface area contributed by atoms with Crippen molar-refractivity contribution in [3.05, 3.63) is 23.4 Å². The van der Waals surface area contributed by atoms with Gasteiger partial charge in [0.2, 0.25) is 0 Å². The third kappa shape index (κ3) is 2.03. The Morgan fingerprint density at radius 2 is 2.44 bits per heavy atom. The van der Waals surface area contributed by atoms with Gasteiger partial charge < -0.3 is 15.4 Å². The van der Waals surface area contributed by atoms with Gasteiger partial charge in [-0.2, -0.15) is 0 Å². The van der Waals surface area contributed by atoms with Crippen LogP contribution in [-0.2, 0) is 11.3 Å². The second-order valence-corrected chi connectivity index (χ2v) is 4.23. The molecule has 0 spiro atoms. The Morgan fingerprint density at radius 1 is 1.62 bits per heavy atom. The largest absolute Gasteiger partial charge is 0.380 e. The van der Waals surface area contributed by atoms with Crippen LogP contribution in [0.2, 0.25) is 0 Å². The molecule has 1 atom stereocenters. The fourth-order valence-electron chi connectivity index (χ4n) is 2.21. The first-order valence-electron chi connectivity index (χ1n) is 5.68. The van der Waals surface area contributed by atoms with E-state index in [2.05, 4.69) is 16.8 Å². The molecule has 2 N–H and O–H groups in total. The molecule has 2 heterocycles. The van der Waals surface area contributed by atoms with Crippen molar-refractivity contribution in [2.24, 2.45) is 5.73 Å². The average Bonchev–Trinajstić information content (AvgIpc) is 2.77. The Labute approximate surface area is 96.4 Å². The minimum atomic E-state index is 0.327. The molecule has 1 aromatic heterocycles. The molecule has 0 bridgehead atoms. The van der Waals surface area contributed by atoms with Crippen molar-refractivity contribution in [3.63, 3.8) is 0 Å². The predicted octanol–water partition coefficient (Wildman–Crippen LogP) is 1.07. The summed E-state index contributed by atoms with van der Waals surface area (Å²) in [4.78, 5) is 6.72. The molecular formula is C12H19N3O. The highest BCUT2D eigenvalue weighted by Crippen LogP contribution is 2.24. The monoisotopic (exact) mass is 221 g/mol. The highest BCUT2D eigenvalue weighted by molar-refractivity contribution is 5.51. The Bertz CT molecular complexity index is 367. The fraction of sp³-hybridized carbons (Fsp3) is 0.583. The molecular weight excluding hydrogens is 202 g/mol. The molecule has 1 aliphatic heterocycles. The maximum Gasteiger partial charge on any atom is 0.133 e. The SMILES string of the molecule is COC1CCN(c2nccc(C)c2CN)C1. The number of anilines is 1. The zero-order valence-electron chi connectivity index (χ0n) is 9.94. The van der Waals surface area contributed by atoms with Crippen molar-refractivity contribution < 1.29 is 4.74 Å². The molecule has 4 heteroatoms. The van der Waals surface area contributed by atoms with E-state index in [-0.39, 0.29) is 0 Å². The number of hydrogen-bond acceptors (Lipinski definition) is 4. The lowest BCUT2D eigenvalue weighted by Crippen LogP contribution is -2.25. The summed E-state index contributed by atoms with van der Waals surface area (Å²) < 4.78 is 5.37. The van der Waals surface area contributed by atoms with Gasteiger partial charge in [-0.05, 0) is 25.0 Å². The van der Waals surface area contributed by atoms with E-state index < -0.39 is 0 Å². The maximum atomic E-state index is 5.79. The van der Waals surface area contributed by atoms with E-state index in [1.54, 1.807) is 7.11 Å². The summed E-state index contributed by atoms with van der Waals surface area (Å²) in [7, 11) is 1.77. The van der Waals surface area contributed by atoms with Gasteiger partial charge in [0.1, 0.15) is 5.82 Å². The van der Waals surface area contributed by atoms with Gasteiger partial charge in [-0.25, -0.2) is 4.98 Å². The van der Waals surface area contributed by atoms with Crippen LogP contribution >= 0.6 is 0 Å². The Kier molecular flexibility index (Phi) is 3.41. The Balaban J connectivity index is 2.24. The summed E-state index contributed by atoms with van der Waals surface area (Å²) in [5.41, 5.74) is 8.16. The van der Waals surface area contributed by atoms with Gasteiger partial charge in [0, 0.05) is 38.5 Å². The Morgan fingerprint density at radius 3 is 3.06 bits per heavy atom. The number of nitrogens with two attached hydrogens (primary N) is 1. The number of aryl methyl sites for hydroxylation is 1. The van der Waals surface area contributed by atoms with Crippen molar-refractivity contribution in [1.29, 1.82) is 0 Å². The zero-order valence-corrected chi connectivity index (χ0v) is 9.94. The molecule has 88 valence electrons. The second kappa shape index (κ2) is 4.80. The number of pyridine rings is 1. The van der Waals surface area contributed by atoms with Gasteiger partial charge in [0.05, 0.1) is 6.10 Å². The standard InChI is InChI=1S/C12H19N3O/c1-9-3-5-14-12(11(9)7-13)15-6-4-10(8-15)16-2/h3,5,10H,4,6-8,13H2,1-2H3. The lowest BCUT2D eigenvalue weighted by atomic mass is 10.1. The van der Waals surface area contributed by atoms with E-state index in [4.69, 9.17) is 10.5 Å². The van der Waals surface area contributed by atoms with Crippen LogP contribution in [0.1, 0.15) is 17.5 Å². The first-order chi connectivity index (χ1) is 7.76. The summed E-state index contributed by atoms with van der Waals surface area (Å²) in [6.07, 6.45) is 3.24. The molecule has 0 aromatic carbocycles. The molecule has 0 radical (unpaired) electrons. The van der Waals surface area contributed by atoms with Gasteiger partial charge in [-0.1, -0.05) is 0 Å². The smallest absolute Gasteiger partial charge is 0.133 e. The summed E-state index contributed by atoms with van der Waals surface area (Å²) in [6.45, 7) is 4.54. The number of nitrogens with zero attached hydrogens (tertiary/aromatic N) is 2. The van der Waals surface area contributed by atoms with E-state index in [1.165, 1.54) is 5.56 Å². The van der Waals surface area contributed by atoms with Crippen LogP contribution in [0.15, 0.2) is 12.3 Å². The second-order valence-electron chi connectivity index (χ2n) is 4.23. The van der Waals surface area contributed by atoms with Crippen molar-refractivity contribution in [2.75, 3.05) is 25.1 Å². The molecule has 1 aromatic rings. The van der Waals surface area contributed by atoms with Crippen LogP contribution in [0.4, 0.5) is 5.82 Å². The van der Waals surface area contributed by atoms with Gasteiger partial charge in [0.15, 0.2) is 0 Å². The number of rotatable bonds is 3. The van der Waals surface area contributed by atoms with Crippen LogP contribution in [0.5, 0.6) is 0 Å². The molecule has 1 unspecified atom stereocenters. The third-order valence-electron chi connectivity index (χ3n) is 3.25. The molecule has 16 heavy (non-hydrogen) atoms. The minimum absolute atomic E-state index is 0.327. The van der Waals surface area contributed by atoms with Crippen LogP contribution in [-0.4, -0.2) is 31.3 Å². The van der Waals surface area contributed by atoms with Crippen LogP contribution in [0.3, 0.4) is 0 Å². The first-order valence-corrected chi connectivity index (χ1v) is 5.68. The van der Waals surface area contributed by atoms with E-state index in [0.717, 1.165) is 30.9 Å². The average molecular weight is 221 g/mol. The highest BCUT2D eigenvalue weighted by atomic mass is 16.5. The van der Waals surface area contributed by atoms with E-state index in [9.17, 15) is 0 Å². The highest BCUT2D eigenvalue weighted by Gasteiger charge is 2.24.